The number of aromatic carboxylic acids is 1. The molecule has 1 amide bonds. The van der Waals surface area contributed by atoms with E-state index in [0.717, 1.165) is 18.5 Å². The van der Waals surface area contributed by atoms with Gasteiger partial charge < -0.3 is 15.4 Å². The number of nitrogens with one attached hydrogen (secondary N) is 2. The lowest BCUT2D eigenvalue weighted by Crippen LogP contribution is -2.31. The van der Waals surface area contributed by atoms with Crippen molar-refractivity contribution in [1.29, 1.82) is 0 Å². The number of nitrogens with zero attached hydrogens (tertiary/aromatic N) is 2. The van der Waals surface area contributed by atoms with E-state index in [1.807, 2.05) is 0 Å². The Bertz CT molecular complexity index is 1180. The van der Waals surface area contributed by atoms with Crippen LogP contribution in [0.2, 0.25) is 0 Å². The zero-order valence-corrected chi connectivity index (χ0v) is 15.4. The summed E-state index contributed by atoms with van der Waals surface area (Å²) in [6.45, 7) is 3.03. The molecule has 0 saturated carbocycles. The van der Waals surface area contributed by atoms with E-state index in [1.54, 1.807) is 6.92 Å². The van der Waals surface area contributed by atoms with Crippen LogP contribution in [0.25, 0.3) is 10.9 Å². The van der Waals surface area contributed by atoms with Gasteiger partial charge in [0.1, 0.15) is 5.82 Å². The number of fused-ring (bicyclic) bond motifs is 1. The summed E-state index contributed by atoms with van der Waals surface area (Å²) < 4.78 is 27.7. The van der Waals surface area contributed by atoms with Crippen molar-refractivity contribution in [2.24, 2.45) is 0 Å². The average molecular weight is 402 g/mol. The summed E-state index contributed by atoms with van der Waals surface area (Å²) in [6.07, 6.45) is 1.86. The molecule has 0 radical (unpaired) electrons. The Morgan fingerprint density at radius 3 is 2.52 bits per heavy atom. The minimum atomic E-state index is -1.18. The molecular weight excluding hydrogens is 386 g/mol. The van der Waals surface area contributed by atoms with E-state index in [2.05, 4.69) is 20.3 Å². The number of halogens is 2. The molecule has 150 valence electrons. The van der Waals surface area contributed by atoms with Crippen LogP contribution >= 0.6 is 0 Å². The van der Waals surface area contributed by atoms with Crippen molar-refractivity contribution in [2.75, 3.05) is 0 Å². The summed E-state index contributed by atoms with van der Waals surface area (Å²) in [6, 6.07) is 1.50. The minimum Gasteiger partial charge on any atom is -0.478 e. The molecule has 0 spiro atoms. The van der Waals surface area contributed by atoms with Crippen LogP contribution in [-0.4, -0.2) is 31.9 Å². The van der Waals surface area contributed by atoms with Gasteiger partial charge in [0.05, 0.1) is 23.5 Å². The lowest BCUT2D eigenvalue weighted by molar-refractivity contribution is -0.121. The van der Waals surface area contributed by atoms with Gasteiger partial charge in [-0.05, 0) is 31.5 Å². The van der Waals surface area contributed by atoms with Crippen molar-refractivity contribution in [3.05, 3.63) is 69.0 Å². The summed E-state index contributed by atoms with van der Waals surface area (Å²) in [4.78, 5) is 45.8. The molecule has 3 aromatic rings. The number of carboxylic acid groups (broad SMARTS) is 1. The van der Waals surface area contributed by atoms with Crippen molar-refractivity contribution in [3.8, 4) is 0 Å². The zero-order chi connectivity index (χ0) is 21.3. The number of aryl methyl sites for hydroxylation is 1. The van der Waals surface area contributed by atoms with Gasteiger partial charge in [-0.3, -0.25) is 9.59 Å². The molecule has 0 bridgehead atoms. The first-order chi connectivity index (χ1) is 13.7. The van der Waals surface area contributed by atoms with Crippen molar-refractivity contribution < 1.29 is 23.5 Å². The van der Waals surface area contributed by atoms with Gasteiger partial charge in [0, 0.05) is 23.3 Å². The number of carbonyl (C=O) groups excluding carboxylic acids is 1. The smallest absolute Gasteiger partial charge is 0.338 e. The monoisotopic (exact) mass is 402 g/mol. The fourth-order valence-electron chi connectivity index (χ4n) is 2.94. The van der Waals surface area contributed by atoms with Crippen molar-refractivity contribution >= 4 is 22.8 Å². The maximum atomic E-state index is 14.2. The number of carboxylic acids is 1. The number of rotatable bonds is 5. The van der Waals surface area contributed by atoms with Crippen LogP contribution in [-0.2, 0) is 11.2 Å². The molecule has 0 aliphatic heterocycles. The first kappa shape index (κ1) is 20.1. The Balaban J connectivity index is 1.83. The molecule has 0 aliphatic rings. The molecular formula is C19H16F2N4O4. The second-order valence-corrected chi connectivity index (χ2v) is 6.44. The van der Waals surface area contributed by atoms with Crippen molar-refractivity contribution in [1.82, 2.24) is 20.3 Å². The Kier molecular flexibility index (Phi) is 5.35. The van der Waals surface area contributed by atoms with E-state index in [0.29, 0.717) is 0 Å². The molecule has 0 unspecified atom stereocenters. The molecule has 3 N–H and O–H groups in total. The van der Waals surface area contributed by atoms with Gasteiger partial charge in [0.15, 0.2) is 11.6 Å². The van der Waals surface area contributed by atoms with Crippen molar-refractivity contribution in [3.63, 3.8) is 0 Å². The van der Waals surface area contributed by atoms with Gasteiger partial charge in [0.25, 0.3) is 5.56 Å². The number of hydrogen-bond acceptors (Lipinski definition) is 5. The maximum Gasteiger partial charge on any atom is 0.338 e. The number of carbonyl (C=O) groups is 2. The number of H-pyrrole nitrogens is 1. The molecule has 10 heteroatoms. The van der Waals surface area contributed by atoms with Gasteiger partial charge in [-0.25, -0.2) is 23.5 Å². The second kappa shape index (κ2) is 7.74. The molecule has 0 fully saturated rings. The third kappa shape index (κ3) is 3.96. The van der Waals surface area contributed by atoms with Crippen LogP contribution in [0.5, 0.6) is 0 Å². The highest BCUT2D eigenvalue weighted by Gasteiger charge is 2.19. The highest BCUT2D eigenvalue weighted by Crippen LogP contribution is 2.23. The van der Waals surface area contributed by atoms with Gasteiger partial charge in [-0.1, -0.05) is 0 Å². The third-order valence-electron chi connectivity index (χ3n) is 4.47. The summed E-state index contributed by atoms with van der Waals surface area (Å²) in [7, 11) is 0. The largest absolute Gasteiger partial charge is 0.478 e. The SMILES string of the molecule is Cc1c(CC(=O)N[C@H](C)c2ncc(C(=O)O)cn2)c(=O)[nH]c2ccc(F)c(F)c12. The lowest BCUT2D eigenvalue weighted by atomic mass is 10.0. The number of aromatic amines is 1. The molecule has 3 rings (SSSR count). The Hall–Kier alpha value is -3.69. The van der Waals surface area contributed by atoms with Gasteiger partial charge in [-0.2, -0.15) is 0 Å². The molecule has 2 heterocycles. The van der Waals surface area contributed by atoms with Gasteiger partial charge in [0.2, 0.25) is 5.91 Å². The molecule has 8 nitrogen and oxygen atoms in total. The molecule has 29 heavy (non-hydrogen) atoms. The van der Waals surface area contributed by atoms with Crippen LogP contribution in [0.3, 0.4) is 0 Å². The van der Waals surface area contributed by atoms with Crippen LogP contribution in [0.15, 0.2) is 29.3 Å². The van der Waals surface area contributed by atoms with E-state index < -0.39 is 35.1 Å². The predicted octanol–water partition coefficient (Wildman–Crippen LogP) is 2.02. The summed E-state index contributed by atoms with van der Waals surface area (Å²) in [5.74, 6) is -3.71. The maximum absolute atomic E-state index is 14.2. The number of benzene rings is 1. The quantitative estimate of drug-likeness (QED) is 0.600. The lowest BCUT2D eigenvalue weighted by Gasteiger charge is -2.14. The highest BCUT2D eigenvalue weighted by atomic mass is 19.2. The number of hydrogen-bond donors (Lipinski definition) is 3. The Morgan fingerprint density at radius 2 is 1.90 bits per heavy atom. The Morgan fingerprint density at radius 1 is 1.24 bits per heavy atom. The topological polar surface area (TPSA) is 125 Å². The first-order valence-electron chi connectivity index (χ1n) is 8.53. The van der Waals surface area contributed by atoms with Gasteiger partial charge in [-0.15, -0.1) is 0 Å². The van der Waals surface area contributed by atoms with Gasteiger partial charge >= 0.3 is 5.97 Å². The molecule has 1 atom stereocenters. The van der Waals surface area contributed by atoms with E-state index in [4.69, 9.17) is 5.11 Å². The normalized spacial score (nSPS) is 12.0. The number of amides is 1. The molecule has 2 aromatic heterocycles. The van der Waals surface area contributed by atoms with E-state index in [1.165, 1.54) is 13.0 Å². The van der Waals surface area contributed by atoms with Crippen molar-refractivity contribution in [2.45, 2.75) is 26.3 Å². The van der Waals surface area contributed by atoms with Crippen LogP contribution < -0.4 is 10.9 Å². The second-order valence-electron chi connectivity index (χ2n) is 6.44. The standard InChI is InChI=1S/C19H16F2N4O4/c1-8-11(18(27)25-13-4-3-12(20)16(21)15(8)13)5-14(26)24-9(2)17-22-6-10(7-23-17)19(28)29/h3-4,6-7,9H,5H2,1-2H3,(H,24,26)(H,25,27)(H,28,29)/t9-/m1/s1. The van der Waals surface area contributed by atoms with Crippen LogP contribution in [0.1, 0.15) is 40.3 Å². The minimum absolute atomic E-state index is 0.00819. The van der Waals surface area contributed by atoms with E-state index >= 15 is 0 Å². The highest BCUT2D eigenvalue weighted by molar-refractivity contribution is 5.87. The fraction of sp³-hybridized carbons (Fsp3) is 0.211. The summed E-state index contributed by atoms with van der Waals surface area (Å²) in [5, 5.41) is 11.4. The third-order valence-corrected chi connectivity index (χ3v) is 4.47. The van der Waals surface area contributed by atoms with Crippen LogP contribution in [0, 0.1) is 18.6 Å². The van der Waals surface area contributed by atoms with Crippen LogP contribution in [0.4, 0.5) is 8.78 Å². The average Bonchev–Trinajstić information content (AvgIpc) is 2.67. The number of pyridine rings is 1. The predicted molar refractivity (Wildman–Crippen MR) is 98.5 cm³/mol. The van der Waals surface area contributed by atoms with E-state index in [9.17, 15) is 23.2 Å². The van der Waals surface area contributed by atoms with E-state index in [-0.39, 0.29) is 39.8 Å². The molecule has 0 saturated heterocycles. The number of aromatic nitrogens is 3. The first-order valence-corrected chi connectivity index (χ1v) is 8.53. The Labute approximate surface area is 162 Å². The molecule has 0 aliphatic carbocycles. The molecule has 1 aromatic carbocycles. The zero-order valence-electron chi connectivity index (χ0n) is 15.4. The summed E-state index contributed by atoms with van der Waals surface area (Å²) in [5.41, 5.74) is -0.360. The fourth-order valence-corrected chi connectivity index (χ4v) is 2.94. The summed E-state index contributed by atoms with van der Waals surface area (Å²) >= 11 is 0.